The minimum Gasteiger partial charge on any atom is -0.309 e. The molecule has 0 spiro atoms. The average molecular weight is 386 g/mol. The summed E-state index contributed by atoms with van der Waals surface area (Å²) in [6, 6.07) is 14.8. The molecule has 0 N–H and O–H groups in total. The van der Waals surface area contributed by atoms with Crippen LogP contribution >= 0.6 is 7.60 Å². The smallest absolute Gasteiger partial charge is 0.309 e. The molecule has 3 rings (SSSR count). The lowest BCUT2D eigenvalue weighted by Crippen LogP contribution is -2.20. The quantitative estimate of drug-likeness (QED) is 0.564. The van der Waals surface area contributed by atoms with Crippen LogP contribution in [-0.2, 0) is 26.8 Å². The summed E-state index contributed by atoms with van der Waals surface area (Å²) in [6.45, 7) is 4.25. The molecule has 6 nitrogen and oxygen atoms in total. The molecule has 27 heavy (non-hydrogen) atoms. The van der Waals surface area contributed by atoms with Gasteiger partial charge in [0.1, 0.15) is 5.82 Å². The molecule has 1 heterocycles. The van der Waals surface area contributed by atoms with Crippen molar-refractivity contribution in [2.45, 2.75) is 20.0 Å². The van der Waals surface area contributed by atoms with E-state index in [1.807, 2.05) is 42.5 Å². The first-order chi connectivity index (χ1) is 13.0. The van der Waals surface area contributed by atoms with Gasteiger partial charge in [-0.1, -0.05) is 36.4 Å². The van der Waals surface area contributed by atoms with E-state index in [1.54, 1.807) is 31.5 Å². The molecule has 2 aromatic carbocycles. The van der Waals surface area contributed by atoms with Gasteiger partial charge >= 0.3 is 7.60 Å². The predicted octanol–water partition coefficient (Wildman–Crippen LogP) is 4.37. The van der Waals surface area contributed by atoms with Crippen LogP contribution in [0.1, 0.15) is 19.4 Å². The Kier molecular flexibility index (Phi) is 5.90. The van der Waals surface area contributed by atoms with E-state index in [0.717, 1.165) is 11.1 Å². The number of aromatic nitrogens is 2. The van der Waals surface area contributed by atoms with Crippen molar-refractivity contribution in [2.75, 3.05) is 13.2 Å². The van der Waals surface area contributed by atoms with Crippen LogP contribution < -0.4 is 5.56 Å². The summed E-state index contributed by atoms with van der Waals surface area (Å²) >= 11 is 0. The van der Waals surface area contributed by atoms with Gasteiger partial charge in [0.15, 0.2) is 0 Å². The molecule has 0 amide bonds. The first kappa shape index (κ1) is 19.5. The number of fused-ring (bicyclic) bond motifs is 1. The zero-order chi connectivity index (χ0) is 19.4. The lowest BCUT2D eigenvalue weighted by molar-refractivity contribution is 0.219. The average Bonchev–Trinajstić information content (AvgIpc) is 2.66. The fraction of sp³-hybridized carbons (Fsp3) is 0.300. The third-order valence-electron chi connectivity index (χ3n) is 4.22. The van der Waals surface area contributed by atoms with Gasteiger partial charge in [0.05, 0.1) is 30.3 Å². The monoisotopic (exact) mass is 386 g/mol. The van der Waals surface area contributed by atoms with E-state index in [1.165, 1.54) is 0 Å². The summed E-state index contributed by atoms with van der Waals surface area (Å²) in [5, 5.41) is 0.592. The number of nitrogens with zero attached hydrogens (tertiary/aromatic N) is 2. The van der Waals surface area contributed by atoms with E-state index in [9.17, 15) is 9.36 Å². The van der Waals surface area contributed by atoms with E-state index in [4.69, 9.17) is 9.05 Å². The predicted molar refractivity (Wildman–Crippen MR) is 107 cm³/mol. The summed E-state index contributed by atoms with van der Waals surface area (Å²) in [7, 11) is -1.44. The van der Waals surface area contributed by atoms with Gasteiger partial charge in [0.2, 0.25) is 0 Å². The second kappa shape index (κ2) is 8.17. The Morgan fingerprint density at radius 3 is 2.26 bits per heavy atom. The molecule has 1 aromatic heterocycles. The topological polar surface area (TPSA) is 70.4 Å². The molecule has 0 aliphatic rings. The minimum absolute atomic E-state index is 0.0862. The highest BCUT2D eigenvalue weighted by Gasteiger charge is 2.24. The third-order valence-corrected chi connectivity index (χ3v) is 6.28. The van der Waals surface area contributed by atoms with Crippen LogP contribution in [0.4, 0.5) is 0 Å². The zero-order valence-electron chi connectivity index (χ0n) is 15.7. The number of hydrogen-bond acceptors (Lipinski definition) is 5. The molecule has 3 aromatic rings. The Morgan fingerprint density at radius 2 is 1.63 bits per heavy atom. The fourth-order valence-electron chi connectivity index (χ4n) is 2.98. The number of rotatable bonds is 7. The van der Waals surface area contributed by atoms with Crippen molar-refractivity contribution in [3.05, 3.63) is 64.4 Å². The second-order valence-electron chi connectivity index (χ2n) is 6.12. The van der Waals surface area contributed by atoms with Gasteiger partial charge in [-0.05, 0) is 31.5 Å². The maximum atomic E-state index is 12.7. The van der Waals surface area contributed by atoms with Crippen molar-refractivity contribution >= 4 is 18.5 Å². The van der Waals surface area contributed by atoms with Gasteiger partial charge in [0.25, 0.3) is 5.56 Å². The van der Waals surface area contributed by atoms with Crippen LogP contribution in [0.15, 0.2) is 53.3 Å². The maximum absolute atomic E-state index is 12.7. The molecule has 7 heteroatoms. The molecular weight excluding hydrogens is 363 g/mol. The molecule has 0 fully saturated rings. The SMILES string of the molecule is CCOP(=O)(Cc1ccc(-c2nc3ccccc3c(=O)n2C)cc1)OCC. The summed E-state index contributed by atoms with van der Waals surface area (Å²) in [6.07, 6.45) is 0.207. The van der Waals surface area contributed by atoms with Crippen LogP contribution in [0.3, 0.4) is 0 Å². The van der Waals surface area contributed by atoms with E-state index in [-0.39, 0.29) is 11.7 Å². The maximum Gasteiger partial charge on any atom is 0.335 e. The van der Waals surface area contributed by atoms with Crippen molar-refractivity contribution in [3.8, 4) is 11.4 Å². The van der Waals surface area contributed by atoms with Crippen molar-refractivity contribution < 1.29 is 13.6 Å². The Hall–Kier alpha value is -2.27. The standard InChI is InChI=1S/C20H23N2O4P/c1-4-25-27(24,26-5-2)14-15-10-12-16(13-11-15)19-21-18-9-7-6-8-17(18)20(23)22(19)3/h6-13H,4-5,14H2,1-3H3. The van der Waals surface area contributed by atoms with Gasteiger partial charge in [-0.2, -0.15) is 0 Å². The van der Waals surface area contributed by atoms with Gasteiger partial charge in [-0.25, -0.2) is 4.98 Å². The van der Waals surface area contributed by atoms with Crippen LogP contribution in [0.5, 0.6) is 0 Å². The number of benzene rings is 2. The second-order valence-corrected chi connectivity index (χ2v) is 8.17. The van der Waals surface area contributed by atoms with Gasteiger partial charge in [-0.15, -0.1) is 0 Å². The Morgan fingerprint density at radius 1 is 1.00 bits per heavy atom. The van der Waals surface area contributed by atoms with Crippen molar-refractivity contribution in [3.63, 3.8) is 0 Å². The van der Waals surface area contributed by atoms with Crippen molar-refractivity contribution in [1.82, 2.24) is 9.55 Å². The Labute approximate surface area is 158 Å². The van der Waals surface area contributed by atoms with Crippen molar-refractivity contribution in [2.24, 2.45) is 7.05 Å². The molecule has 0 unspecified atom stereocenters. The molecule has 142 valence electrons. The van der Waals surface area contributed by atoms with E-state index in [2.05, 4.69) is 4.98 Å². The minimum atomic E-state index is -3.15. The van der Waals surface area contributed by atoms with E-state index >= 15 is 0 Å². The summed E-state index contributed by atoms with van der Waals surface area (Å²) in [4.78, 5) is 17.2. The van der Waals surface area contributed by atoms with Crippen LogP contribution in [0.25, 0.3) is 22.3 Å². The third kappa shape index (κ3) is 4.19. The molecule has 0 radical (unpaired) electrons. The fourth-order valence-corrected chi connectivity index (χ4v) is 4.68. The van der Waals surface area contributed by atoms with Crippen LogP contribution in [-0.4, -0.2) is 22.8 Å². The van der Waals surface area contributed by atoms with E-state index < -0.39 is 7.60 Å². The van der Waals surface area contributed by atoms with Gasteiger partial charge in [-0.3, -0.25) is 13.9 Å². The van der Waals surface area contributed by atoms with Gasteiger partial charge < -0.3 is 9.05 Å². The first-order valence-corrected chi connectivity index (χ1v) is 10.6. The van der Waals surface area contributed by atoms with Crippen LogP contribution in [0.2, 0.25) is 0 Å². The van der Waals surface area contributed by atoms with Gasteiger partial charge in [0, 0.05) is 12.6 Å². The first-order valence-electron chi connectivity index (χ1n) is 8.90. The van der Waals surface area contributed by atoms with Crippen molar-refractivity contribution in [1.29, 1.82) is 0 Å². The molecule has 0 saturated carbocycles. The molecule has 0 atom stereocenters. The summed E-state index contributed by atoms with van der Waals surface area (Å²) < 4.78 is 24.9. The normalized spacial score (nSPS) is 11.8. The largest absolute Gasteiger partial charge is 0.335 e. The number of hydrogen-bond donors (Lipinski definition) is 0. The highest BCUT2D eigenvalue weighted by Crippen LogP contribution is 2.51. The lowest BCUT2D eigenvalue weighted by atomic mass is 10.1. The highest BCUT2D eigenvalue weighted by molar-refractivity contribution is 7.53. The number of para-hydroxylation sites is 1. The molecule has 0 aliphatic carbocycles. The Bertz CT molecular complexity index is 1030. The molecular formula is C20H23N2O4P. The molecule has 0 aliphatic heterocycles. The highest BCUT2D eigenvalue weighted by atomic mass is 31.2. The lowest BCUT2D eigenvalue weighted by Gasteiger charge is -2.17. The Balaban J connectivity index is 1.94. The summed E-state index contributed by atoms with van der Waals surface area (Å²) in [5.74, 6) is 0.586. The molecule has 0 saturated heterocycles. The van der Waals surface area contributed by atoms with Crippen LogP contribution in [0, 0.1) is 0 Å². The summed E-state index contributed by atoms with van der Waals surface area (Å²) in [5.41, 5.74) is 2.23. The van der Waals surface area contributed by atoms with E-state index in [0.29, 0.717) is 29.9 Å². The molecule has 0 bridgehead atoms. The zero-order valence-corrected chi connectivity index (χ0v) is 16.6.